The van der Waals surface area contributed by atoms with E-state index >= 15 is 0 Å². The third kappa shape index (κ3) is 4.64. The summed E-state index contributed by atoms with van der Waals surface area (Å²) in [6.07, 6.45) is 2.46. The number of hydrogen-bond donors (Lipinski definition) is 3. The summed E-state index contributed by atoms with van der Waals surface area (Å²) in [5, 5.41) is 15.2. The zero-order chi connectivity index (χ0) is 24.5. The third-order valence-corrected chi connectivity index (χ3v) is 8.11. The summed E-state index contributed by atoms with van der Waals surface area (Å²) in [6.45, 7) is 2.16. The molecule has 7 heteroatoms. The molecule has 0 bridgehead atoms. The number of benzene rings is 2. The van der Waals surface area contributed by atoms with Crippen LogP contribution in [-0.2, 0) is 14.3 Å². The van der Waals surface area contributed by atoms with Crippen LogP contribution in [-0.4, -0.2) is 41.8 Å². The van der Waals surface area contributed by atoms with Crippen LogP contribution in [0.3, 0.4) is 0 Å². The Kier molecular flexibility index (Phi) is 6.50. The molecular formula is C28H32N2O5. The van der Waals surface area contributed by atoms with E-state index < -0.39 is 12.1 Å². The fourth-order valence-electron chi connectivity index (χ4n) is 6.19. The van der Waals surface area contributed by atoms with Crippen molar-refractivity contribution in [3.05, 3.63) is 59.7 Å². The van der Waals surface area contributed by atoms with Crippen LogP contribution in [0.25, 0.3) is 11.1 Å². The quantitative estimate of drug-likeness (QED) is 0.527. The van der Waals surface area contributed by atoms with E-state index in [0.29, 0.717) is 25.2 Å². The first-order valence-electron chi connectivity index (χ1n) is 12.6. The summed E-state index contributed by atoms with van der Waals surface area (Å²) in [5.74, 6) is -0.479. The molecule has 0 aromatic heterocycles. The predicted molar refractivity (Wildman–Crippen MR) is 131 cm³/mol. The molecule has 2 unspecified atom stereocenters. The van der Waals surface area contributed by atoms with Crippen molar-refractivity contribution in [2.75, 3.05) is 6.61 Å². The number of carbonyl (C=O) groups is 3. The zero-order valence-electron chi connectivity index (χ0n) is 19.9. The Morgan fingerprint density at radius 1 is 1.00 bits per heavy atom. The van der Waals surface area contributed by atoms with E-state index in [1.807, 2.05) is 31.2 Å². The van der Waals surface area contributed by atoms with Crippen molar-refractivity contribution in [3.8, 4) is 11.1 Å². The van der Waals surface area contributed by atoms with Crippen molar-refractivity contribution in [2.24, 2.45) is 17.8 Å². The Morgan fingerprint density at radius 2 is 1.66 bits per heavy atom. The van der Waals surface area contributed by atoms with Crippen LogP contribution in [0.1, 0.15) is 56.1 Å². The van der Waals surface area contributed by atoms with Crippen LogP contribution in [0.4, 0.5) is 4.79 Å². The van der Waals surface area contributed by atoms with Gasteiger partial charge in [-0.1, -0.05) is 55.5 Å². The second-order valence-corrected chi connectivity index (χ2v) is 10.1. The number of aliphatic carboxylic acids is 1. The predicted octanol–water partition coefficient (Wildman–Crippen LogP) is 4.31. The summed E-state index contributed by atoms with van der Waals surface area (Å²) in [4.78, 5) is 36.5. The molecule has 0 spiro atoms. The number of hydrogen-bond acceptors (Lipinski definition) is 4. The van der Waals surface area contributed by atoms with Gasteiger partial charge in [-0.25, -0.2) is 4.79 Å². The fourth-order valence-corrected chi connectivity index (χ4v) is 6.19. The van der Waals surface area contributed by atoms with Crippen LogP contribution in [0.15, 0.2) is 48.5 Å². The molecule has 2 saturated carbocycles. The van der Waals surface area contributed by atoms with E-state index in [4.69, 9.17) is 4.74 Å². The normalized spacial score (nSPS) is 24.9. The number of alkyl carbamates (subject to hydrolysis) is 1. The number of nitrogens with one attached hydrogen (secondary N) is 2. The molecule has 35 heavy (non-hydrogen) atoms. The number of carboxylic acids is 1. The van der Waals surface area contributed by atoms with Crippen LogP contribution >= 0.6 is 0 Å². The molecule has 2 aromatic rings. The molecule has 3 N–H and O–H groups in total. The lowest BCUT2D eigenvalue weighted by molar-refractivity contribution is -0.141. The van der Waals surface area contributed by atoms with Crippen molar-refractivity contribution >= 4 is 18.0 Å². The molecule has 184 valence electrons. The van der Waals surface area contributed by atoms with Gasteiger partial charge in [0.05, 0.1) is 5.92 Å². The lowest BCUT2D eigenvalue weighted by Gasteiger charge is -2.41. The van der Waals surface area contributed by atoms with Crippen molar-refractivity contribution in [2.45, 2.75) is 57.0 Å². The van der Waals surface area contributed by atoms with Gasteiger partial charge >= 0.3 is 12.1 Å². The summed E-state index contributed by atoms with van der Waals surface area (Å²) in [7, 11) is 0. The lowest BCUT2D eigenvalue weighted by atomic mass is 9.71. The fraction of sp³-hybridized carbons (Fsp3) is 0.464. The Balaban J connectivity index is 1.11. The Labute approximate surface area is 205 Å². The largest absolute Gasteiger partial charge is 0.481 e. The van der Waals surface area contributed by atoms with Crippen LogP contribution in [0, 0.1) is 17.8 Å². The second-order valence-electron chi connectivity index (χ2n) is 10.1. The van der Waals surface area contributed by atoms with E-state index in [9.17, 15) is 19.5 Å². The van der Waals surface area contributed by atoms with Gasteiger partial charge in [-0.05, 0) is 59.8 Å². The molecule has 7 nitrogen and oxygen atoms in total. The smallest absolute Gasteiger partial charge is 0.407 e. The van der Waals surface area contributed by atoms with Gasteiger partial charge in [-0.15, -0.1) is 0 Å². The first kappa shape index (κ1) is 23.4. The molecule has 2 fully saturated rings. The first-order valence-corrected chi connectivity index (χ1v) is 12.6. The average molecular weight is 477 g/mol. The molecule has 3 aliphatic rings. The average Bonchev–Trinajstić information content (AvgIpc) is 3.36. The topological polar surface area (TPSA) is 105 Å². The van der Waals surface area contributed by atoms with E-state index in [2.05, 4.69) is 34.9 Å². The highest BCUT2D eigenvalue weighted by molar-refractivity contribution is 5.80. The molecule has 3 aliphatic carbocycles. The van der Waals surface area contributed by atoms with Gasteiger partial charge < -0.3 is 20.5 Å². The SMILES string of the molecule is CCC(CC(=O)N[C@H]1C[C@H]2CC(C(=O)O)C[C@H]21)NC(=O)OCC1c2ccccc2-c2ccccc21. The maximum absolute atomic E-state index is 12.6. The molecular weight excluding hydrogens is 444 g/mol. The van der Waals surface area contributed by atoms with Gasteiger partial charge in [0, 0.05) is 24.4 Å². The number of carbonyl (C=O) groups excluding carboxylic acids is 2. The van der Waals surface area contributed by atoms with Gasteiger partial charge in [-0.3, -0.25) is 9.59 Å². The van der Waals surface area contributed by atoms with E-state index in [1.165, 1.54) is 11.1 Å². The highest BCUT2D eigenvalue weighted by Crippen LogP contribution is 2.49. The monoisotopic (exact) mass is 476 g/mol. The molecule has 5 atom stereocenters. The highest BCUT2D eigenvalue weighted by Gasteiger charge is 2.49. The molecule has 0 aliphatic heterocycles. The maximum atomic E-state index is 12.6. The minimum absolute atomic E-state index is 0.0101. The molecule has 2 aromatic carbocycles. The van der Waals surface area contributed by atoms with Crippen LogP contribution in [0.2, 0.25) is 0 Å². The van der Waals surface area contributed by atoms with Crippen molar-refractivity contribution in [3.63, 3.8) is 0 Å². The standard InChI is InChI=1S/C28H32N2O5/c1-2-18(14-26(31)30-25-13-16-11-17(27(32)33)12-23(16)25)29-28(34)35-15-24-21-9-5-3-7-19(21)20-8-4-6-10-22(20)24/h3-10,16-18,23-25H,2,11-15H2,1H3,(H,29,34)(H,30,31)(H,32,33)/t16-,17?,18?,23-,25+/m1/s1. The number of ether oxygens (including phenoxy) is 1. The molecule has 2 amide bonds. The number of fused-ring (bicyclic) bond motifs is 4. The zero-order valence-corrected chi connectivity index (χ0v) is 19.9. The van der Waals surface area contributed by atoms with E-state index in [0.717, 1.165) is 17.5 Å². The maximum Gasteiger partial charge on any atom is 0.407 e. The first-order chi connectivity index (χ1) is 16.9. The lowest BCUT2D eigenvalue weighted by Crippen LogP contribution is -2.51. The molecule has 0 saturated heterocycles. The number of rotatable bonds is 8. The van der Waals surface area contributed by atoms with Crippen molar-refractivity contribution in [1.82, 2.24) is 10.6 Å². The summed E-state index contributed by atoms with van der Waals surface area (Å²) in [5.41, 5.74) is 4.67. The Hall–Kier alpha value is -3.35. The van der Waals surface area contributed by atoms with Crippen molar-refractivity contribution < 1.29 is 24.2 Å². The minimum Gasteiger partial charge on any atom is -0.481 e. The summed E-state index contributed by atoms with van der Waals surface area (Å²) >= 11 is 0. The molecule has 5 rings (SSSR count). The van der Waals surface area contributed by atoms with Gasteiger partial charge in [0.25, 0.3) is 0 Å². The Bertz CT molecular complexity index is 1090. The summed E-state index contributed by atoms with van der Waals surface area (Å²) in [6, 6.07) is 16.1. The van der Waals surface area contributed by atoms with Crippen LogP contribution < -0.4 is 10.6 Å². The van der Waals surface area contributed by atoms with Crippen molar-refractivity contribution in [1.29, 1.82) is 0 Å². The van der Waals surface area contributed by atoms with Gasteiger partial charge in [-0.2, -0.15) is 0 Å². The second kappa shape index (κ2) is 9.72. The highest BCUT2D eigenvalue weighted by atomic mass is 16.5. The van der Waals surface area contributed by atoms with Crippen LogP contribution in [0.5, 0.6) is 0 Å². The minimum atomic E-state index is -0.734. The van der Waals surface area contributed by atoms with E-state index in [1.54, 1.807) is 0 Å². The molecule has 0 heterocycles. The van der Waals surface area contributed by atoms with Gasteiger partial charge in [0.2, 0.25) is 5.91 Å². The third-order valence-electron chi connectivity index (χ3n) is 8.11. The summed E-state index contributed by atoms with van der Waals surface area (Å²) < 4.78 is 5.62. The van der Waals surface area contributed by atoms with Gasteiger partial charge in [0.1, 0.15) is 6.61 Å². The Morgan fingerprint density at radius 3 is 2.29 bits per heavy atom. The number of amides is 2. The molecule has 0 radical (unpaired) electrons. The number of carboxylic acid groups (broad SMARTS) is 1. The van der Waals surface area contributed by atoms with Gasteiger partial charge in [0.15, 0.2) is 0 Å². The van der Waals surface area contributed by atoms with E-state index in [-0.39, 0.29) is 48.8 Å².